The number of carbonyl (C=O) groups is 1. The second-order valence-corrected chi connectivity index (χ2v) is 3.45. The molecule has 0 unspecified atom stereocenters. The lowest BCUT2D eigenvalue weighted by Gasteiger charge is -1.92. The first-order valence-corrected chi connectivity index (χ1v) is 4.88. The number of aromatic carboxylic acids is 1. The molecule has 0 radical (unpaired) electrons. The van der Waals surface area contributed by atoms with Crippen LogP contribution in [0.4, 0.5) is 0 Å². The van der Waals surface area contributed by atoms with Crippen molar-refractivity contribution in [2.75, 3.05) is 0 Å². The largest absolute Gasteiger partial charge is 0.478 e. The molecule has 6 nitrogen and oxygen atoms in total. The fourth-order valence-corrected chi connectivity index (χ4v) is 1.61. The van der Waals surface area contributed by atoms with E-state index in [4.69, 9.17) is 9.52 Å². The smallest absolute Gasteiger partial charge is 0.339 e. The maximum absolute atomic E-state index is 11.0. The summed E-state index contributed by atoms with van der Waals surface area (Å²) in [7, 11) is 0. The number of aromatic amines is 1. The highest BCUT2D eigenvalue weighted by molar-refractivity contribution is 6.00. The lowest BCUT2D eigenvalue weighted by molar-refractivity contribution is 0.0698. The van der Waals surface area contributed by atoms with Crippen LogP contribution in [0.2, 0.25) is 0 Å². The Balaban J connectivity index is 2.26. The van der Waals surface area contributed by atoms with E-state index in [1.54, 1.807) is 24.4 Å². The van der Waals surface area contributed by atoms with E-state index in [1.165, 1.54) is 6.07 Å². The molecule has 3 aromatic rings. The van der Waals surface area contributed by atoms with E-state index in [2.05, 4.69) is 15.2 Å². The molecule has 0 fully saturated rings. The quantitative estimate of drug-likeness (QED) is 0.700. The van der Waals surface area contributed by atoms with Gasteiger partial charge in [0.25, 0.3) is 0 Å². The number of rotatable bonds is 2. The van der Waals surface area contributed by atoms with Gasteiger partial charge in [-0.2, -0.15) is 5.10 Å². The number of carboxylic acids is 1. The second kappa shape index (κ2) is 3.44. The number of hydrogen-bond acceptors (Lipinski definition) is 4. The van der Waals surface area contributed by atoms with Gasteiger partial charge < -0.3 is 9.52 Å². The molecule has 0 aliphatic rings. The van der Waals surface area contributed by atoms with Crippen molar-refractivity contribution >= 4 is 17.1 Å². The number of fused-ring (bicyclic) bond motifs is 1. The first-order chi connectivity index (χ1) is 8.25. The lowest BCUT2D eigenvalue weighted by atomic mass is 10.2. The minimum Gasteiger partial charge on any atom is -0.478 e. The molecule has 0 bridgehead atoms. The van der Waals surface area contributed by atoms with Gasteiger partial charge in [0, 0.05) is 6.20 Å². The van der Waals surface area contributed by atoms with E-state index in [-0.39, 0.29) is 11.1 Å². The van der Waals surface area contributed by atoms with Gasteiger partial charge in [0.05, 0.1) is 0 Å². The number of H-pyrrole nitrogens is 1. The fourth-order valence-electron chi connectivity index (χ4n) is 1.61. The van der Waals surface area contributed by atoms with Gasteiger partial charge in [-0.25, -0.2) is 9.78 Å². The third kappa shape index (κ3) is 1.46. The minimum atomic E-state index is -1.04. The SMILES string of the molecule is O=C(O)c1cccc2nc(-c3ccn[nH]3)oc12. The van der Waals surface area contributed by atoms with Crippen LogP contribution in [0.3, 0.4) is 0 Å². The van der Waals surface area contributed by atoms with E-state index in [0.717, 1.165) is 0 Å². The molecule has 0 aliphatic carbocycles. The molecule has 17 heavy (non-hydrogen) atoms. The Bertz CT molecular complexity index is 685. The third-order valence-corrected chi connectivity index (χ3v) is 2.38. The molecule has 6 heteroatoms. The zero-order valence-corrected chi connectivity index (χ0v) is 8.54. The molecular weight excluding hydrogens is 222 g/mol. The maximum Gasteiger partial charge on any atom is 0.339 e. The van der Waals surface area contributed by atoms with Gasteiger partial charge in [0.1, 0.15) is 16.8 Å². The van der Waals surface area contributed by atoms with Crippen molar-refractivity contribution in [3.63, 3.8) is 0 Å². The molecule has 2 aromatic heterocycles. The molecule has 0 saturated carbocycles. The molecule has 0 aliphatic heterocycles. The highest BCUT2D eigenvalue weighted by Gasteiger charge is 2.15. The summed E-state index contributed by atoms with van der Waals surface area (Å²) in [6.07, 6.45) is 1.57. The van der Waals surface area contributed by atoms with Crippen molar-refractivity contribution in [3.8, 4) is 11.6 Å². The van der Waals surface area contributed by atoms with Crippen LogP contribution in [0.25, 0.3) is 22.7 Å². The van der Waals surface area contributed by atoms with Crippen molar-refractivity contribution in [3.05, 3.63) is 36.0 Å². The van der Waals surface area contributed by atoms with Crippen LogP contribution < -0.4 is 0 Å². The van der Waals surface area contributed by atoms with Crippen LogP contribution in [0.15, 0.2) is 34.9 Å². The summed E-state index contributed by atoms with van der Waals surface area (Å²) in [4.78, 5) is 15.2. The van der Waals surface area contributed by atoms with Crippen molar-refractivity contribution in [1.82, 2.24) is 15.2 Å². The van der Waals surface area contributed by atoms with Gasteiger partial charge in [-0.1, -0.05) is 6.07 Å². The van der Waals surface area contributed by atoms with Crippen molar-refractivity contribution in [2.45, 2.75) is 0 Å². The summed E-state index contributed by atoms with van der Waals surface area (Å²) >= 11 is 0. The number of aromatic nitrogens is 3. The van der Waals surface area contributed by atoms with Crippen LogP contribution in [-0.2, 0) is 0 Å². The molecule has 3 rings (SSSR count). The van der Waals surface area contributed by atoms with Gasteiger partial charge >= 0.3 is 5.97 Å². The Morgan fingerprint density at radius 3 is 2.94 bits per heavy atom. The summed E-state index contributed by atoms with van der Waals surface area (Å²) in [5, 5.41) is 15.5. The number of benzene rings is 1. The molecule has 2 heterocycles. The van der Waals surface area contributed by atoms with Crippen LogP contribution in [-0.4, -0.2) is 26.3 Å². The summed E-state index contributed by atoms with van der Waals surface area (Å²) in [6, 6.07) is 6.51. The molecule has 1 aromatic carbocycles. The van der Waals surface area contributed by atoms with E-state index < -0.39 is 5.97 Å². The van der Waals surface area contributed by atoms with E-state index >= 15 is 0 Å². The Morgan fingerprint density at radius 2 is 2.24 bits per heavy atom. The van der Waals surface area contributed by atoms with Gasteiger partial charge in [-0.3, -0.25) is 5.10 Å². The average Bonchev–Trinajstić information content (AvgIpc) is 2.96. The van der Waals surface area contributed by atoms with Crippen LogP contribution in [0.1, 0.15) is 10.4 Å². The molecular formula is C11H7N3O3. The highest BCUT2D eigenvalue weighted by Crippen LogP contribution is 2.25. The van der Waals surface area contributed by atoms with Crippen LogP contribution in [0, 0.1) is 0 Å². The predicted octanol–water partition coefficient (Wildman–Crippen LogP) is 1.92. The average molecular weight is 229 g/mol. The molecule has 2 N–H and O–H groups in total. The summed E-state index contributed by atoms with van der Waals surface area (Å²) in [6.45, 7) is 0. The number of nitrogens with one attached hydrogen (secondary N) is 1. The first-order valence-electron chi connectivity index (χ1n) is 4.88. The second-order valence-electron chi connectivity index (χ2n) is 3.45. The molecule has 0 atom stereocenters. The molecule has 0 spiro atoms. The van der Waals surface area contributed by atoms with Crippen molar-refractivity contribution in [1.29, 1.82) is 0 Å². The predicted molar refractivity (Wildman–Crippen MR) is 58.6 cm³/mol. The molecule has 0 amide bonds. The Morgan fingerprint density at radius 1 is 1.35 bits per heavy atom. The van der Waals surface area contributed by atoms with Gasteiger partial charge in [-0.15, -0.1) is 0 Å². The van der Waals surface area contributed by atoms with Crippen molar-refractivity contribution in [2.24, 2.45) is 0 Å². The summed E-state index contributed by atoms with van der Waals surface area (Å²) in [5.41, 5.74) is 1.48. The normalized spacial score (nSPS) is 10.8. The van der Waals surface area contributed by atoms with E-state index in [0.29, 0.717) is 17.1 Å². The van der Waals surface area contributed by atoms with E-state index in [9.17, 15) is 4.79 Å². The van der Waals surface area contributed by atoms with E-state index in [1.807, 2.05) is 0 Å². The summed E-state index contributed by atoms with van der Waals surface area (Å²) in [5.74, 6) is -0.714. The van der Waals surface area contributed by atoms with Gasteiger partial charge in [0.2, 0.25) is 5.89 Å². The Labute approximate surface area is 94.9 Å². The Kier molecular flexibility index (Phi) is 1.94. The van der Waals surface area contributed by atoms with Crippen LogP contribution >= 0.6 is 0 Å². The summed E-state index contributed by atoms with van der Waals surface area (Å²) < 4.78 is 5.44. The van der Waals surface area contributed by atoms with Crippen molar-refractivity contribution < 1.29 is 14.3 Å². The lowest BCUT2D eigenvalue weighted by Crippen LogP contribution is -1.95. The van der Waals surface area contributed by atoms with Crippen LogP contribution in [0.5, 0.6) is 0 Å². The standard InChI is InChI=1S/C11H7N3O3/c15-11(16)6-2-1-3-7-9(6)17-10(13-7)8-4-5-12-14-8/h1-5H,(H,12,14)(H,15,16). The molecule has 84 valence electrons. The number of nitrogens with zero attached hydrogens (tertiary/aromatic N) is 2. The molecule has 0 saturated heterocycles. The fraction of sp³-hybridized carbons (Fsp3) is 0. The number of carboxylic acid groups (broad SMARTS) is 1. The first kappa shape index (κ1) is 9.59. The Hall–Kier alpha value is -2.63. The van der Waals surface area contributed by atoms with Gasteiger partial charge in [-0.05, 0) is 18.2 Å². The highest BCUT2D eigenvalue weighted by atomic mass is 16.4. The van der Waals surface area contributed by atoms with Gasteiger partial charge in [0.15, 0.2) is 5.58 Å². The zero-order valence-electron chi connectivity index (χ0n) is 8.54. The topological polar surface area (TPSA) is 92.0 Å². The maximum atomic E-state index is 11.0. The number of hydrogen-bond donors (Lipinski definition) is 2. The monoisotopic (exact) mass is 229 g/mol. The number of oxazole rings is 1. The minimum absolute atomic E-state index is 0.0979. The number of para-hydroxylation sites is 1. The third-order valence-electron chi connectivity index (χ3n) is 2.38. The zero-order chi connectivity index (χ0) is 11.8.